The predicted octanol–water partition coefficient (Wildman–Crippen LogP) is 6.21. The van der Waals surface area contributed by atoms with Gasteiger partial charge in [0.05, 0.1) is 11.1 Å². The van der Waals surface area contributed by atoms with Crippen LogP contribution in [0.5, 0.6) is 17.2 Å². The van der Waals surface area contributed by atoms with E-state index in [-0.39, 0.29) is 17.0 Å². The van der Waals surface area contributed by atoms with Gasteiger partial charge in [0.1, 0.15) is 34.7 Å². The molecule has 2 atom stereocenters. The summed E-state index contributed by atoms with van der Waals surface area (Å²) in [5, 5.41) is 5.45. The zero-order chi connectivity index (χ0) is 31.9. The van der Waals surface area contributed by atoms with Gasteiger partial charge >= 0.3 is 12.3 Å². The quantitative estimate of drug-likeness (QED) is 0.325. The fourth-order valence-electron chi connectivity index (χ4n) is 5.86. The van der Waals surface area contributed by atoms with Gasteiger partial charge in [0.25, 0.3) is 5.91 Å². The molecule has 1 aromatic heterocycles. The number of rotatable bonds is 5. The van der Waals surface area contributed by atoms with Crippen molar-refractivity contribution >= 4 is 23.7 Å². The van der Waals surface area contributed by atoms with E-state index in [0.717, 1.165) is 17.7 Å². The summed E-state index contributed by atoms with van der Waals surface area (Å²) in [5.74, 6) is 1.25. The maximum absolute atomic E-state index is 14.0. The molecule has 234 valence electrons. The second kappa shape index (κ2) is 9.85. The second-order valence-corrected chi connectivity index (χ2v) is 12.7. The lowest BCUT2D eigenvalue weighted by atomic mass is 9.97. The number of amides is 3. The zero-order valence-electron chi connectivity index (χ0n) is 24.6. The molecule has 3 aromatic rings. The van der Waals surface area contributed by atoms with Gasteiger partial charge in [-0.25, -0.2) is 9.78 Å². The summed E-state index contributed by atoms with van der Waals surface area (Å²) >= 11 is 0. The van der Waals surface area contributed by atoms with Crippen molar-refractivity contribution in [3.05, 3.63) is 76.5 Å². The molecule has 2 unspecified atom stereocenters. The first-order valence-corrected chi connectivity index (χ1v) is 14.5. The second-order valence-electron chi connectivity index (χ2n) is 12.7. The van der Waals surface area contributed by atoms with Gasteiger partial charge in [0.2, 0.25) is 12.1 Å². The number of aromatic nitrogens is 1. The van der Waals surface area contributed by atoms with Crippen LogP contribution in [0.25, 0.3) is 0 Å². The summed E-state index contributed by atoms with van der Waals surface area (Å²) in [6.45, 7) is 5.07. The van der Waals surface area contributed by atoms with E-state index in [1.807, 2.05) is 0 Å². The number of halogens is 3. The third kappa shape index (κ3) is 5.40. The molecule has 4 heterocycles. The van der Waals surface area contributed by atoms with E-state index in [4.69, 9.17) is 14.2 Å². The fourth-order valence-corrected chi connectivity index (χ4v) is 5.86. The number of carbonyl (C=O) groups is 3. The van der Waals surface area contributed by atoms with E-state index in [2.05, 4.69) is 15.6 Å². The number of nitrogens with zero attached hydrogens (tertiary/aromatic N) is 2. The summed E-state index contributed by atoms with van der Waals surface area (Å²) in [5.41, 5.74) is -1.37. The molecule has 2 aromatic carbocycles. The van der Waals surface area contributed by atoms with Crippen LogP contribution >= 0.6 is 0 Å². The molecule has 0 bridgehead atoms. The molecular formula is C32H29F3N4O6. The molecule has 1 aliphatic carbocycles. The molecule has 4 aliphatic rings. The molecule has 0 spiro atoms. The molecule has 2 fully saturated rings. The van der Waals surface area contributed by atoms with E-state index < -0.39 is 47.1 Å². The molecule has 3 aliphatic heterocycles. The highest BCUT2D eigenvalue weighted by atomic mass is 19.4. The first-order valence-electron chi connectivity index (χ1n) is 14.5. The molecular weight excluding hydrogens is 593 g/mol. The minimum atomic E-state index is -4.72. The summed E-state index contributed by atoms with van der Waals surface area (Å²) in [6, 6.07) is 9.58. The lowest BCUT2D eigenvalue weighted by molar-refractivity contribution is -0.137. The number of benzene rings is 2. The fraction of sp³-hybridized carbons (Fsp3) is 0.375. The highest BCUT2D eigenvalue weighted by Crippen LogP contribution is 2.55. The van der Waals surface area contributed by atoms with Crippen LogP contribution in [0, 0.1) is 0 Å². The number of fused-ring (bicyclic) bond motifs is 4. The number of anilines is 1. The van der Waals surface area contributed by atoms with Crippen LogP contribution in [0.3, 0.4) is 0 Å². The first-order chi connectivity index (χ1) is 21.2. The van der Waals surface area contributed by atoms with E-state index in [1.54, 1.807) is 45.0 Å². The normalized spacial score (nSPS) is 20.6. The van der Waals surface area contributed by atoms with Crippen molar-refractivity contribution in [1.82, 2.24) is 15.2 Å². The number of nitrogens with one attached hydrogen (secondary N) is 2. The molecule has 3 amide bonds. The molecule has 1 saturated heterocycles. The van der Waals surface area contributed by atoms with E-state index in [0.29, 0.717) is 54.3 Å². The Balaban J connectivity index is 1.13. The van der Waals surface area contributed by atoms with Gasteiger partial charge < -0.3 is 24.8 Å². The maximum atomic E-state index is 14.0. The molecule has 1 saturated carbocycles. The van der Waals surface area contributed by atoms with Crippen LogP contribution < -0.4 is 20.1 Å². The number of ether oxygens (including phenoxy) is 3. The van der Waals surface area contributed by atoms with E-state index >= 15 is 0 Å². The Morgan fingerprint density at radius 1 is 1.09 bits per heavy atom. The number of hydrogen-bond donors (Lipinski definition) is 2. The highest BCUT2D eigenvalue weighted by molar-refractivity contribution is 5.97. The summed E-state index contributed by atoms with van der Waals surface area (Å²) in [4.78, 5) is 43.5. The number of alkyl carbamates (subject to hydrolysis) is 1. The van der Waals surface area contributed by atoms with Gasteiger partial charge in [0, 0.05) is 29.3 Å². The predicted molar refractivity (Wildman–Crippen MR) is 153 cm³/mol. The zero-order valence-corrected chi connectivity index (χ0v) is 24.6. The first kappa shape index (κ1) is 28.9. The molecule has 45 heavy (non-hydrogen) atoms. The lowest BCUT2D eigenvalue weighted by Gasteiger charge is -2.24. The molecule has 10 nitrogen and oxygen atoms in total. The lowest BCUT2D eigenvalue weighted by Crippen LogP contribution is -2.39. The average Bonchev–Trinajstić information content (AvgIpc) is 3.86. The van der Waals surface area contributed by atoms with Crippen molar-refractivity contribution in [3.8, 4) is 17.2 Å². The van der Waals surface area contributed by atoms with Gasteiger partial charge in [-0.1, -0.05) is 0 Å². The van der Waals surface area contributed by atoms with E-state index in [9.17, 15) is 27.6 Å². The minimum Gasteiger partial charge on any atom is -0.467 e. The Kier molecular flexibility index (Phi) is 6.33. The van der Waals surface area contributed by atoms with Crippen molar-refractivity contribution in [2.45, 2.75) is 76.0 Å². The summed E-state index contributed by atoms with van der Waals surface area (Å²) < 4.78 is 59.4. The third-order valence-corrected chi connectivity index (χ3v) is 8.19. The molecule has 2 N–H and O–H groups in total. The van der Waals surface area contributed by atoms with Gasteiger partial charge in [0.15, 0.2) is 0 Å². The van der Waals surface area contributed by atoms with Crippen LogP contribution in [0.1, 0.15) is 78.7 Å². The topological polar surface area (TPSA) is 119 Å². The number of hydrogen-bond acceptors (Lipinski definition) is 7. The van der Waals surface area contributed by atoms with E-state index in [1.165, 1.54) is 17.2 Å². The SMILES string of the molecule is CC(C)(C)OC(=O)NC1(c2cc(C(=O)N3C4Oc5ccc(Oc6ccnc7c6CCC(=O)N7)cc5C43)cc(C(F)(F)F)c2)CC1. The Morgan fingerprint density at radius 3 is 2.58 bits per heavy atom. The number of alkyl halides is 3. The van der Waals surface area contributed by atoms with Crippen LogP contribution in [0.15, 0.2) is 48.7 Å². The van der Waals surface area contributed by atoms with Crippen molar-refractivity contribution in [2.24, 2.45) is 0 Å². The van der Waals surface area contributed by atoms with Crippen molar-refractivity contribution in [2.75, 3.05) is 5.32 Å². The molecule has 13 heteroatoms. The van der Waals surface area contributed by atoms with Crippen LogP contribution in [-0.2, 0) is 27.7 Å². The summed E-state index contributed by atoms with van der Waals surface area (Å²) in [6.07, 6.45) is -3.00. The number of carbonyl (C=O) groups excluding carboxylic acids is 3. The van der Waals surface area contributed by atoms with Crippen LogP contribution in [0.2, 0.25) is 0 Å². The Labute approximate surface area is 255 Å². The Bertz CT molecular complexity index is 1760. The van der Waals surface area contributed by atoms with Crippen molar-refractivity contribution in [3.63, 3.8) is 0 Å². The van der Waals surface area contributed by atoms with Gasteiger partial charge in [-0.3, -0.25) is 14.5 Å². The largest absolute Gasteiger partial charge is 0.467 e. The maximum Gasteiger partial charge on any atom is 0.416 e. The van der Waals surface area contributed by atoms with Crippen molar-refractivity contribution < 1.29 is 41.8 Å². The average molecular weight is 623 g/mol. The minimum absolute atomic E-state index is 0.120. The Hall–Kier alpha value is -4.81. The standard InChI is InChI=1S/C32H29F3N4O6/c1-30(2,3)45-29(42)38-31(9-10-31)17-12-16(13-18(14-17)32(33,34)35)27(41)39-25-21-15-19(4-6-22(21)44-28(25)39)43-23-8-11-36-26-20(23)5-7-24(40)37-26/h4,6,8,11-15,25,28H,5,7,9-10H2,1-3H3,(H,38,42)(H,36,37,40). The smallest absolute Gasteiger partial charge is 0.416 e. The van der Waals surface area contributed by atoms with Gasteiger partial charge in [-0.2, -0.15) is 13.2 Å². The van der Waals surface area contributed by atoms with Gasteiger partial charge in [-0.15, -0.1) is 0 Å². The van der Waals surface area contributed by atoms with Gasteiger partial charge in [-0.05, 0) is 88.1 Å². The van der Waals surface area contributed by atoms with Crippen molar-refractivity contribution in [1.29, 1.82) is 0 Å². The molecule has 7 rings (SSSR count). The Morgan fingerprint density at radius 2 is 1.87 bits per heavy atom. The highest BCUT2D eigenvalue weighted by Gasteiger charge is 2.60. The monoisotopic (exact) mass is 622 g/mol. The molecule has 0 radical (unpaired) electrons. The number of pyridine rings is 1. The van der Waals surface area contributed by atoms with Crippen LogP contribution in [-0.4, -0.2) is 39.6 Å². The summed E-state index contributed by atoms with van der Waals surface area (Å²) in [7, 11) is 0. The van der Waals surface area contributed by atoms with Crippen LogP contribution in [0.4, 0.5) is 23.8 Å². The third-order valence-electron chi connectivity index (χ3n) is 8.19.